The largest absolute Gasteiger partial charge is 0.312 e. The lowest BCUT2D eigenvalue weighted by molar-refractivity contribution is 0.162. The third kappa shape index (κ3) is 3.46. The molecule has 1 atom stereocenters. The van der Waals surface area contributed by atoms with E-state index in [0.717, 1.165) is 10.9 Å². The number of aryl methyl sites for hydroxylation is 2. The Balaban J connectivity index is 2.44. The lowest BCUT2D eigenvalue weighted by Crippen LogP contribution is -2.36. The molecule has 1 fully saturated rings. The summed E-state index contributed by atoms with van der Waals surface area (Å²) in [5, 5.41) is 4.53. The molecule has 0 amide bonds. The smallest absolute Gasteiger partial charge is 0.0456 e. The van der Waals surface area contributed by atoms with Gasteiger partial charge in [0.25, 0.3) is 0 Å². The van der Waals surface area contributed by atoms with Crippen LogP contribution in [-0.4, -0.2) is 7.05 Å². The van der Waals surface area contributed by atoms with Crippen molar-refractivity contribution in [2.75, 3.05) is 7.05 Å². The predicted molar refractivity (Wildman–Crippen MR) is 93.1 cm³/mol. The zero-order valence-electron chi connectivity index (χ0n) is 14.2. The minimum atomic E-state index is 0.369. The van der Waals surface area contributed by atoms with E-state index in [0.29, 0.717) is 11.5 Å². The third-order valence-electron chi connectivity index (χ3n) is 5.24. The molecule has 0 bridgehead atoms. The van der Waals surface area contributed by atoms with Crippen LogP contribution in [0.2, 0.25) is 5.02 Å². The van der Waals surface area contributed by atoms with Crippen molar-refractivity contribution < 1.29 is 0 Å². The molecule has 0 aromatic heterocycles. The van der Waals surface area contributed by atoms with Gasteiger partial charge in [0.15, 0.2) is 0 Å². The summed E-state index contributed by atoms with van der Waals surface area (Å²) in [7, 11) is 2.09. The van der Waals surface area contributed by atoms with E-state index in [4.69, 9.17) is 11.6 Å². The van der Waals surface area contributed by atoms with Gasteiger partial charge in [-0.05, 0) is 74.2 Å². The molecule has 0 aliphatic heterocycles. The molecule has 0 heterocycles. The minimum absolute atomic E-state index is 0.369. The Morgan fingerprint density at radius 2 is 1.71 bits per heavy atom. The van der Waals surface area contributed by atoms with Crippen molar-refractivity contribution in [1.82, 2.24) is 5.32 Å². The van der Waals surface area contributed by atoms with E-state index in [1.807, 2.05) is 0 Å². The van der Waals surface area contributed by atoms with Crippen LogP contribution < -0.4 is 5.32 Å². The molecule has 118 valence electrons. The Morgan fingerprint density at radius 1 is 1.14 bits per heavy atom. The number of benzene rings is 1. The van der Waals surface area contributed by atoms with E-state index in [-0.39, 0.29) is 0 Å². The molecule has 0 saturated heterocycles. The summed E-state index contributed by atoms with van der Waals surface area (Å²) in [5.41, 5.74) is 4.29. The lowest BCUT2D eigenvalue weighted by Gasteiger charge is -2.40. The van der Waals surface area contributed by atoms with Crippen LogP contribution in [0.5, 0.6) is 0 Å². The lowest BCUT2D eigenvalue weighted by atomic mass is 9.70. The van der Waals surface area contributed by atoms with Gasteiger partial charge in [0.2, 0.25) is 0 Å². The molecule has 1 aromatic rings. The van der Waals surface area contributed by atoms with Gasteiger partial charge in [-0.3, -0.25) is 0 Å². The van der Waals surface area contributed by atoms with Gasteiger partial charge in [0.1, 0.15) is 0 Å². The van der Waals surface area contributed by atoms with Gasteiger partial charge in [0, 0.05) is 11.1 Å². The molecule has 2 rings (SSSR count). The topological polar surface area (TPSA) is 12.0 Å². The Bertz CT molecular complexity index is 487. The highest BCUT2D eigenvalue weighted by molar-refractivity contribution is 6.31. The second-order valence-corrected chi connectivity index (χ2v) is 7.75. The summed E-state index contributed by atoms with van der Waals surface area (Å²) in [6, 6.07) is 4.81. The van der Waals surface area contributed by atoms with Crippen LogP contribution in [0.3, 0.4) is 0 Å². The zero-order valence-corrected chi connectivity index (χ0v) is 15.0. The van der Waals surface area contributed by atoms with Crippen molar-refractivity contribution in [3.8, 4) is 0 Å². The summed E-state index contributed by atoms with van der Waals surface area (Å²) in [6.07, 6.45) is 6.63. The molecule has 1 aliphatic rings. The van der Waals surface area contributed by atoms with Crippen LogP contribution in [0.15, 0.2) is 12.1 Å². The van der Waals surface area contributed by atoms with Crippen molar-refractivity contribution in [1.29, 1.82) is 0 Å². The summed E-state index contributed by atoms with van der Waals surface area (Å²) in [4.78, 5) is 0. The fraction of sp³-hybridized carbons (Fsp3) is 0.684. The fourth-order valence-corrected chi connectivity index (χ4v) is 4.65. The SMILES string of the molecule is CNC(c1cc(C)c(C)cc1Cl)C1(CC(C)C)CCCC1. The molecule has 1 unspecified atom stereocenters. The highest BCUT2D eigenvalue weighted by Crippen LogP contribution is 2.52. The molecule has 1 aliphatic carbocycles. The van der Waals surface area contributed by atoms with Gasteiger partial charge < -0.3 is 5.32 Å². The Hall–Kier alpha value is -0.530. The molecular formula is C19H30ClN. The number of hydrogen-bond donors (Lipinski definition) is 1. The van der Waals surface area contributed by atoms with Crippen LogP contribution in [0.25, 0.3) is 0 Å². The summed E-state index contributed by atoms with van der Waals surface area (Å²) < 4.78 is 0. The van der Waals surface area contributed by atoms with Crippen LogP contribution in [0.1, 0.15) is 68.7 Å². The third-order valence-corrected chi connectivity index (χ3v) is 5.57. The van der Waals surface area contributed by atoms with E-state index in [2.05, 4.69) is 52.2 Å². The van der Waals surface area contributed by atoms with Crippen LogP contribution >= 0.6 is 11.6 Å². The first kappa shape index (κ1) is 16.8. The maximum atomic E-state index is 6.61. The summed E-state index contributed by atoms with van der Waals surface area (Å²) >= 11 is 6.61. The molecule has 0 spiro atoms. The standard InChI is InChI=1S/C19H30ClN/c1-13(2)12-19(8-6-7-9-19)18(21-5)16-10-14(3)15(4)11-17(16)20/h10-11,13,18,21H,6-9,12H2,1-5H3. The number of halogens is 1. The second-order valence-electron chi connectivity index (χ2n) is 7.35. The van der Waals surface area contributed by atoms with Gasteiger partial charge in [-0.25, -0.2) is 0 Å². The number of rotatable bonds is 5. The van der Waals surface area contributed by atoms with E-state index in [9.17, 15) is 0 Å². The fourth-order valence-electron chi connectivity index (χ4n) is 4.32. The first-order valence-corrected chi connectivity index (χ1v) is 8.71. The van der Waals surface area contributed by atoms with Gasteiger partial charge in [-0.1, -0.05) is 44.4 Å². The van der Waals surface area contributed by atoms with E-state index in [1.165, 1.54) is 48.8 Å². The van der Waals surface area contributed by atoms with Crippen molar-refractivity contribution in [2.24, 2.45) is 11.3 Å². The zero-order chi connectivity index (χ0) is 15.6. The molecule has 21 heavy (non-hydrogen) atoms. The van der Waals surface area contributed by atoms with Crippen LogP contribution in [0, 0.1) is 25.2 Å². The number of nitrogens with one attached hydrogen (secondary N) is 1. The predicted octanol–water partition coefficient (Wildman–Crippen LogP) is 5.82. The van der Waals surface area contributed by atoms with E-state index < -0.39 is 0 Å². The van der Waals surface area contributed by atoms with Crippen LogP contribution in [-0.2, 0) is 0 Å². The Morgan fingerprint density at radius 3 is 2.24 bits per heavy atom. The highest BCUT2D eigenvalue weighted by atomic mass is 35.5. The first-order valence-electron chi connectivity index (χ1n) is 8.33. The quantitative estimate of drug-likeness (QED) is 0.722. The monoisotopic (exact) mass is 307 g/mol. The minimum Gasteiger partial charge on any atom is -0.312 e. The second kappa shape index (κ2) is 6.71. The summed E-state index contributed by atoms with van der Waals surface area (Å²) in [5.74, 6) is 0.726. The van der Waals surface area contributed by atoms with Gasteiger partial charge in [0.05, 0.1) is 0 Å². The molecule has 1 N–H and O–H groups in total. The normalized spacial score (nSPS) is 19.2. The molecule has 1 nitrogen and oxygen atoms in total. The van der Waals surface area contributed by atoms with Gasteiger partial charge in [-0.15, -0.1) is 0 Å². The molecule has 0 radical (unpaired) electrons. The van der Waals surface area contributed by atoms with Crippen LogP contribution in [0.4, 0.5) is 0 Å². The molecular weight excluding hydrogens is 278 g/mol. The molecule has 1 aromatic carbocycles. The molecule has 1 saturated carbocycles. The maximum Gasteiger partial charge on any atom is 0.0456 e. The van der Waals surface area contributed by atoms with Gasteiger partial charge in [-0.2, -0.15) is 0 Å². The van der Waals surface area contributed by atoms with Gasteiger partial charge >= 0.3 is 0 Å². The highest BCUT2D eigenvalue weighted by Gasteiger charge is 2.42. The van der Waals surface area contributed by atoms with Crippen molar-refractivity contribution in [3.63, 3.8) is 0 Å². The number of hydrogen-bond acceptors (Lipinski definition) is 1. The van der Waals surface area contributed by atoms with Crippen molar-refractivity contribution >= 4 is 11.6 Å². The Labute approximate surface area is 135 Å². The average Bonchev–Trinajstić information content (AvgIpc) is 2.84. The Kier molecular flexibility index (Phi) is 5.38. The van der Waals surface area contributed by atoms with Crippen molar-refractivity contribution in [2.45, 2.75) is 65.8 Å². The first-order chi connectivity index (χ1) is 9.89. The molecule has 2 heteroatoms. The average molecular weight is 308 g/mol. The maximum absolute atomic E-state index is 6.61. The van der Waals surface area contributed by atoms with E-state index >= 15 is 0 Å². The van der Waals surface area contributed by atoms with Crippen molar-refractivity contribution in [3.05, 3.63) is 33.8 Å². The van der Waals surface area contributed by atoms with E-state index in [1.54, 1.807) is 0 Å². The summed E-state index contributed by atoms with van der Waals surface area (Å²) in [6.45, 7) is 9.01.